The van der Waals surface area contributed by atoms with E-state index >= 15 is 0 Å². The molecule has 2 heterocycles. The Morgan fingerprint density at radius 1 is 0.952 bits per heavy atom. The highest BCUT2D eigenvalue weighted by Gasteiger charge is 2.32. The number of allylic oxidation sites excluding steroid dienone is 1. The first-order chi connectivity index (χ1) is 9.77. The predicted molar refractivity (Wildman–Crippen MR) is 93.6 cm³/mol. The van der Waals surface area contributed by atoms with Crippen LogP contribution in [0.25, 0.3) is 0 Å². The minimum Gasteiger partial charge on any atom is -0.294 e. The number of nitrogens with zero attached hydrogens (tertiary/aromatic N) is 3. The van der Waals surface area contributed by atoms with Gasteiger partial charge in [-0.2, -0.15) is 0 Å². The molecule has 2 aliphatic heterocycles. The van der Waals surface area contributed by atoms with E-state index in [1.54, 1.807) is 0 Å². The van der Waals surface area contributed by atoms with E-state index in [1.165, 1.54) is 0 Å². The van der Waals surface area contributed by atoms with Crippen LogP contribution in [0.1, 0.15) is 55.4 Å². The van der Waals surface area contributed by atoms with Gasteiger partial charge in [-0.15, -0.1) is 0 Å². The second-order valence-corrected chi connectivity index (χ2v) is 6.61. The highest BCUT2D eigenvalue weighted by Crippen LogP contribution is 2.32. The third-order valence-corrected chi connectivity index (χ3v) is 4.61. The molecular formula is C18H31N3. The molecule has 0 amide bonds. The van der Waals surface area contributed by atoms with Gasteiger partial charge in [0.1, 0.15) is 0 Å². The summed E-state index contributed by atoms with van der Waals surface area (Å²) < 4.78 is 0. The van der Waals surface area contributed by atoms with Gasteiger partial charge in [-0.3, -0.25) is 4.90 Å². The molecule has 3 nitrogen and oxygen atoms in total. The Hall–Kier alpha value is -1.38. The summed E-state index contributed by atoms with van der Waals surface area (Å²) >= 11 is 0. The fourth-order valence-electron chi connectivity index (χ4n) is 1.96. The summed E-state index contributed by atoms with van der Waals surface area (Å²) in [5, 5.41) is 0. The maximum Gasteiger partial charge on any atom is 0.229 e. The molecule has 0 aliphatic carbocycles. The molecule has 0 aromatic heterocycles. The van der Waals surface area contributed by atoms with Gasteiger partial charge in [0.05, 0.1) is 5.54 Å². The van der Waals surface area contributed by atoms with Crippen LogP contribution in [0.3, 0.4) is 0 Å². The van der Waals surface area contributed by atoms with Crippen LogP contribution in [0.5, 0.6) is 0 Å². The fourth-order valence-corrected chi connectivity index (χ4v) is 1.96. The fraction of sp³-hybridized carbons (Fsp3) is 0.667. The van der Waals surface area contributed by atoms with Crippen LogP contribution in [0.2, 0.25) is 0 Å². The van der Waals surface area contributed by atoms with Gasteiger partial charge in [0.25, 0.3) is 0 Å². The molecule has 118 valence electrons. The van der Waals surface area contributed by atoms with Crippen LogP contribution in [0, 0.1) is 17.3 Å². The minimum atomic E-state index is -0.157. The highest BCUT2D eigenvalue weighted by molar-refractivity contribution is 5.93. The lowest BCUT2D eigenvalue weighted by atomic mass is 9.80. The van der Waals surface area contributed by atoms with Crippen molar-refractivity contribution in [2.45, 2.75) is 60.9 Å². The third kappa shape index (κ3) is 3.63. The lowest BCUT2D eigenvalue weighted by Gasteiger charge is -2.32. The smallest absolute Gasteiger partial charge is 0.229 e. The molecule has 0 spiro atoms. The molecule has 0 fully saturated rings. The van der Waals surface area contributed by atoms with Gasteiger partial charge in [0.2, 0.25) is 5.96 Å². The largest absolute Gasteiger partial charge is 0.294 e. The topological polar surface area (TPSA) is 28.0 Å². The van der Waals surface area contributed by atoms with Crippen molar-refractivity contribution in [3.05, 3.63) is 24.6 Å². The Labute approximate surface area is 130 Å². The molecule has 2 aliphatic rings. The molecule has 0 saturated heterocycles. The lowest BCUT2D eigenvalue weighted by Crippen LogP contribution is -2.35. The van der Waals surface area contributed by atoms with Gasteiger partial charge in [0.15, 0.2) is 0 Å². The summed E-state index contributed by atoms with van der Waals surface area (Å²) in [4.78, 5) is 11.5. The van der Waals surface area contributed by atoms with Crippen LogP contribution in [0.15, 0.2) is 34.5 Å². The van der Waals surface area contributed by atoms with Gasteiger partial charge in [0, 0.05) is 24.0 Å². The second-order valence-electron chi connectivity index (χ2n) is 6.61. The van der Waals surface area contributed by atoms with E-state index in [1.807, 2.05) is 25.0 Å². The SMILES string of the molecule is CC.CC(C)C1(C)C=CN2C=CC(C)(C(C)C)N=C2N=C1. The molecule has 0 bridgehead atoms. The Kier molecular flexibility index (Phi) is 5.54. The van der Waals surface area contributed by atoms with E-state index < -0.39 is 0 Å². The van der Waals surface area contributed by atoms with E-state index in [9.17, 15) is 0 Å². The van der Waals surface area contributed by atoms with Gasteiger partial charge < -0.3 is 0 Å². The van der Waals surface area contributed by atoms with Crippen molar-refractivity contribution in [2.24, 2.45) is 27.2 Å². The molecule has 2 rings (SSSR count). The van der Waals surface area contributed by atoms with Crippen LogP contribution in [0.4, 0.5) is 0 Å². The molecule has 0 aromatic rings. The predicted octanol–water partition coefficient (Wildman–Crippen LogP) is 4.87. The Morgan fingerprint density at radius 3 is 2.05 bits per heavy atom. The lowest BCUT2D eigenvalue weighted by molar-refractivity contribution is 0.404. The van der Waals surface area contributed by atoms with Crippen molar-refractivity contribution in [3.63, 3.8) is 0 Å². The first-order valence-corrected chi connectivity index (χ1v) is 8.09. The summed E-state index contributed by atoms with van der Waals surface area (Å²) in [7, 11) is 0. The Balaban J connectivity index is 0.00000106. The van der Waals surface area contributed by atoms with E-state index in [0.717, 1.165) is 5.96 Å². The number of fused-ring (bicyclic) bond motifs is 1. The van der Waals surface area contributed by atoms with Gasteiger partial charge in [-0.05, 0) is 24.8 Å². The van der Waals surface area contributed by atoms with E-state index in [-0.39, 0.29) is 11.0 Å². The van der Waals surface area contributed by atoms with Crippen LogP contribution >= 0.6 is 0 Å². The molecule has 0 saturated carbocycles. The maximum absolute atomic E-state index is 4.83. The highest BCUT2D eigenvalue weighted by atomic mass is 15.3. The Morgan fingerprint density at radius 2 is 1.52 bits per heavy atom. The molecule has 2 atom stereocenters. The molecule has 0 aromatic carbocycles. The van der Waals surface area contributed by atoms with E-state index in [2.05, 4.69) is 71.1 Å². The van der Waals surface area contributed by atoms with Crippen LogP contribution in [-0.2, 0) is 0 Å². The first-order valence-electron chi connectivity index (χ1n) is 8.09. The van der Waals surface area contributed by atoms with Crippen molar-refractivity contribution in [1.82, 2.24) is 4.90 Å². The molecular weight excluding hydrogens is 258 g/mol. The maximum atomic E-state index is 4.83. The zero-order chi connectivity index (χ0) is 16.3. The average Bonchev–Trinajstić information content (AvgIpc) is 2.62. The zero-order valence-corrected chi connectivity index (χ0v) is 14.9. The number of hydrogen-bond donors (Lipinski definition) is 0. The van der Waals surface area contributed by atoms with E-state index in [4.69, 9.17) is 4.99 Å². The quantitative estimate of drug-likeness (QED) is 0.712. The van der Waals surface area contributed by atoms with Crippen LogP contribution in [-0.4, -0.2) is 22.6 Å². The normalized spacial score (nSPS) is 30.8. The summed E-state index contributed by atoms with van der Waals surface area (Å²) in [6, 6.07) is 0. The number of hydrogen-bond acceptors (Lipinski definition) is 3. The van der Waals surface area contributed by atoms with Crippen molar-refractivity contribution >= 4 is 12.2 Å². The summed E-state index contributed by atoms with van der Waals surface area (Å²) in [5.74, 6) is 1.76. The molecule has 21 heavy (non-hydrogen) atoms. The molecule has 0 radical (unpaired) electrons. The van der Waals surface area contributed by atoms with Gasteiger partial charge in [-0.1, -0.05) is 54.5 Å². The van der Waals surface area contributed by atoms with Gasteiger partial charge in [-0.25, -0.2) is 9.98 Å². The van der Waals surface area contributed by atoms with Crippen molar-refractivity contribution in [3.8, 4) is 0 Å². The molecule has 2 unspecified atom stereocenters. The van der Waals surface area contributed by atoms with E-state index in [0.29, 0.717) is 11.8 Å². The first kappa shape index (κ1) is 17.7. The summed E-state index contributed by atoms with van der Waals surface area (Å²) in [6.07, 6.45) is 10.6. The minimum absolute atomic E-state index is 0.0120. The summed E-state index contributed by atoms with van der Waals surface area (Å²) in [5.41, 5.74) is -0.169. The van der Waals surface area contributed by atoms with Crippen LogP contribution < -0.4 is 0 Å². The molecule has 3 heteroatoms. The zero-order valence-electron chi connectivity index (χ0n) is 14.9. The van der Waals surface area contributed by atoms with Crippen molar-refractivity contribution in [1.29, 1.82) is 0 Å². The second kappa shape index (κ2) is 6.59. The summed E-state index contributed by atoms with van der Waals surface area (Å²) in [6.45, 7) is 17.2. The van der Waals surface area contributed by atoms with Gasteiger partial charge >= 0.3 is 0 Å². The molecule has 0 N–H and O–H groups in total. The standard InChI is InChI=1S/C16H25N3.C2H6/c1-12(2)15(5)7-9-19-10-8-16(6,13(3)4)18-14(19)17-11-15;1-2/h7-13H,1-6H3;1-2H3. The number of guanidine groups is 1. The third-order valence-electron chi connectivity index (χ3n) is 4.61. The monoisotopic (exact) mass is 289 g/mol. The average molecular weight is 289 g/mol. The van der Waals surface area contributed by atoms with Crippen molar-refractivity contribution < 1.29 is 0 Å². The Bertz CT molecular complexity index is 463. The number of aliphatic imine (C=N–C) groups is 2. The van der Waals surface area contributed by atoms with Crippen molar-refractivity contribution in [2.75, 3.05) is 0 Å². The number of rotatable bonds is 2.